The minimum atomic E-state index is 0.869. The number of hydrogen-bond acceptors (Lipinski definition) is 3. The molecule has 16 heavy (non-hydrogen) atoms. The van der Waals surface area contributed by atoms with Crippen molar-refractivity contribution in [2.24, 2.45) is 0 Å². The van der Waals surface area contributed by atoms with E-state index in [0.717, 1.165) is 17.6 Å². The van der Waals surface area contributed by atoms with E-state index in [1.165, 1.54) is 17.3 Å². The van der Waals surface area contributed by atoms with Gasteiger partial charge in [0.25, 0.3) is 0 Å². The van der Waals surface area contributed by atoms with Gasteiger partial charge >= 0.3 is 0 Å². The SMILES string of the molecule is c1cc[n+](Cc2ccc3nsnc3c2)cc1. The molecule has 0 fully saturated rings. The normalized spacial score (nSPS) is 10.8. The molecule has 2 aromatic heterocycles. The van der Waals surface area contributed by atoms with Crippen LogP contribution >= 0.6 is 11.7 Å². The summed E-state index contributed by atoms with van der Waals surface area (Å²) < 4.78 is 10.6. The predicted octanol–water partition coefficient (Wildman–Crippen LogP) is 2.03. The summed E-state index contributed by atoms with van der Waals surface area (Å²) in [6.07, 6.45) is 4.12. The number of hydrogen-bond donors (Lipinski definition) is 0. The summed E-state index contributed by atoms with van der Waals surface area (Å²) in [6, 6.07) is 12.3. The Hall–Kier alpha value is -1.81. The number of benzene rings is 1. The molecule has 0 unspecified atom stereocenters. The lowest BCUT2D eigenvalue weighted by atomic mass is 10.2. The molecule has 0 saturated heterocycles. The number of aromatic nitrogens is 3. The van der Waals surface area contributed by atoms with Gasteiger partial charge in [0.05, 0.1) is 11.7 Å². The van der Waals surface area contributed by atoms with Gasteiger partial charge in [-0.3, -0.25) is 0 Å². The summed E-state index contributed by atoms with van der Waals surface area (Å²) in [5, 5.41) is 0. The van der Waals surface area contributed by atoms with Gasteiger partial charge in [0.15, 0.2) is 18.9 Å². The molecule has 0 saturated carbocycles. The average Bonchev–Trinajstić information content (AvgIpc) is 2.77. The molecule has 78 valence electrons. The van der Waals surface area contributed by atoms with E-state index in [9.17, 15) is 0 Å². The molecule has 2 heterocycles. The van der Waals surface area contributed by atoms with Crippen molar-refractivity contribution >= 4 is 22.8 Å². The summed E-state index contributed by atoms with van der Waals surface area (Å²) in [7, 11) is 0. The van der Waals surface area contributed by atoms with E-state index in [2.05, 4.69) is 37.8 Å². The minimum Gasteiger partial charge on any atom is -0.201 e. The predicted molar refractivity (Wildman–Crippen MR) is 63.2 cm³/mol. The second kappa shape index (κ2) is 3.98. The van der Waals surface area contributed by atoms with Gasteiger partial charge in [-0.1, -0.05) is 12.1 Å². The molecule has 0 amide bonds. The standard InChI is InChI=1S/C12H10N3S/c1-2-6-15(7-3-1)9-10-4-5-11-12(8-10)14-16-13-11/h1-8H,9H2/q+1. The Kier molecular flexibility index (Phi) is 2.34. The molecule has 0 radical (unpaired) electrons. The van der Waals surface area contributed by atoms with E-state index in [4.69, 9.17) is 0 Å². The molecule has 3 aromatic rings. The molecule has 4 heteroatoms. The first-order chi connectivity index (χ1) is 7.92. The van der Waals surface area contributed by atoms with Gasteiger partial charge in [0.2, 0.25) is 0 Å². The maximum Gasteiger partial charge on any atom is 0.173 e. The zero-order valence-corrected chi connectivity index (χ0v) is 9.39. The van der Waals surface area contributed by atoms with Crippen molar-refractivity contribution < 1.29 is 4.57 Å². The molecule has 3 rings (SSSR count). The molecule has 0 spiro atoms. The zero-order valence-electron chi connectivity index (χ0n) is 8.58. The maximum atomic E-state index is 4.24. The van der Waals surface area contributed by atoms with Crippen molar-refractivity contribution in [3.05, 3.63) is 54.4 Å². The minimum absolute atomic E-state index is 0.869. The van der Waals surface area contributed by atoms with Crippen molar-refractivity contribution in [2.75, 3.05) is 0 Å². The lowest BCUT2D eigenvalue weighted by molar-refractivity contribution is -0.688. The third kappa shape index (κ3) is 1.79. The van der Waals surface area contributed by atoms with E-state index in [-0.39, 0.29) is 0 Å². The summed E-state index contributed by atoms with van der Waals surface area (Å²) >= 11 is 1.26. The second-order valence-electron chi connectivity index (χ2n) is 3.64. The highest BCUT2D eigenvalue weighted by atomic mass is 32.1. The van der Waals surface area contributed by atoms with Crippen LogP contribution < -0.4 is 4.57 Å². The van der Waals surface area contributed by atoms with Crippen LogP contribution in [-0.2, 0) is 6.54 Å². The zero-order chi connectivity index (χ0) is 10.8. The molecular formula is C12H10N3S+. The Balaban J connectivity index is 1.94. The Morgan fingerprint density at radius 3 is 2.69 bits per heavy atom. The number of fused-ring (bicyclic) bond motifs is 1. The van der Waals surface area contributed by atoms with Gasteiger partial charge in [-0.05, 0) is 12.1 Å². The van der Waals surface area contributed by atoms with Gasteiger partial charge in [-0.15, -0.1) is 0 Å². The highest BCUT2D eigenvalue weighted by Gasteiger charge is 2.04. The van der Waals surface area contributed by atoms with Crippen molar-refractivity contribution in [3.8, 4) is 0 Å². The van der Waals surface area contributed by atoms with Crippen LogP contribution in [0.2, 0.25) is 0 Å². The fourth-order valence-corrected chi connectivity index (χ4v) is 2.19. The van der Waals surface area contributed by atoms with E-state index >= 15 is 0 Å². The molecule has 0 aliphatic carbocycles. The molecule has 0 N–H and O–H groups in total. The largest absolute Gasteiger partial charge is 0.201 e. The van der Waals surface area contributed by atoms with Crippen LogP contribution in [0.5, 0.6) is 0 Å². The Labute approximate surface area is 97.3 Å². The second-order valence-corrected chi connectivity index (χ2v) is 4.16. The van der Waals surface area contributed by atoms with Crippen LogP contribution in [0.15, 0.2) is 48.8 Å². The highest BCUT2D eigenvalue weighted by Crippen LogP contribution is 2.13. The average molecular weight is 228 g/mol. The fraction of sp³-hybridized carbons (Fsp3) is 0.0833. The molecule has 3 nitrogen and oxygen atoms in total. The van der Waals surface area contributed by atoms with Crippen LogP contribution in [0, 0.1) is 0 Å². The van der Waals surface area contributed by atoms with Crippen molar-refractivity contribution in [3.63, 3.8) is 0 Å². The lowest BCUT2D eigenvalue weighted by Crippen LogP contribution is -2.32. The summed E-state index contributed by atoms with van der Waals surface area (Å²) in [5.41, 5.74) is 3.21. The summed E-state index contributed by atoms with van der Waals surface area (Å²) in [5.74, 6) is 0. The first-order valence-electron chi connectivity index (χ1n) is 5.07. The van der Waals surface area contributed by atoms with Crippen molar-refractivity contribution in [1.29, 1.82) is 0 Å². The van der Waals surface area contributed by atoms with Crippen molar-refractivity contribution in [2.45, 2.75) is 6.54 Å². The molecule has 0 atom stereocenters. The first-order valence-corrected chi connectivity index (χ1v) is 5.80. The van der Waals surface area contributed by atoms with E-state index in [0.29, 0.717) is 0 Å². The van der Waals surface area contributed by atoms with Gasteiger partial charge in [0.1, 0.15) is 11.0 Å². The number of pyridine rings is 1. The van der Waals surface area contributed by atoms with Gasteiger partial charge in [-0.2, -0.15) is 8.75 Å². The van der Waals surface area contributed by atoms with Crippen LogP contribution in [0.4, 0.5) is 0 Å². The molecular weight excluding hydrogens is 218 g/mol. The van der Waals surface area contributed by atoms with Crippen LogP contribution in [0.3, 0.4) is 0 Å². The van der Waals surface area contributed by atoms with Crippen LogP contribution in [-0.4, -0.2) is 8.75 Å². The van der Waals surface area contributed by atoms with E-state index in [1.54, 1.807) is 0 Å². The topological polar surface area (TPSA) is 29.7 Å². The molecule has 1 aromatic carbocycles. The lowest BCUT2D eigenvalue weighted by Gasteiger charge is -1.96. The molecule has 0 bridgehead atoms. The third-order valence-corrected chi connectivity index (χ3v) is 3.02. The van der Waals surface area contributed by atoms with E-state index < -0.39 is 0 Å². The monoisotopic (exact) mass is 228 g/mol. The van der Waals surface area contributed by atoms with Gasteiger partial charge in [-0.25, -0.2) is 4.57 Å². The smallest absolute Gasteiger partial charge is 0.173 e. The van der Waals surface area contributed by atoms with Gasteiger partial charge < -0.3 is 0 Å². The Morgan fingerprint density at radius 1 is 1.00 bits per heavy atom. The molecule has 0 aliphatic heterocycles. The van der Waals surface area contributed by atoms with Gasteiger partial charge in [0, 0.05) is 17.7 Å². The highest BCUT2D eigenvalue weighted by molar-refractivity contribution is 7.00. The maximum absolute atomic E-state index is 4.24. The Morgan fingerprint density at radius 2 is 1.81 bits per heavy atom. The number of nitrogens with zero attached hydrogens (tertiary/aromatic N) is 3. The third-order valence-electron chi connectivity index (χ3n) is 2.46. The number of rotatable bonds is 2. The fourth-order valence-electron chi connectivity index (χ4n) is 1.68. The molecule has 0 aliphatic rings. The van der Waals surface area contributed by atoms with Crippen LogP contribution in [0.1, 0.15) is 5.56 Å². The first kappa shape index (κ1) is 9.42. The quantitative estimate of drug-likeness (QED) is 0.628. The summed E-state index contributed by atoms with van der Waals surface area (Å²) in [6.45, 7) is 0.869. The van der Waals surface area contributed by atoms with E-state index in [1.807, 2.05) is 24.3 Å². The van der Waals surface area contributed by atoms with Crippen molar-refractivity contribution in [1.82, 2.24) is 8.75 Å². The van der Waals surface area contributed by atoms with Crippen LogP contribution in [0.25, 0.3) is 11.0 Å². The summed E-state index contributed by atoms with van der Waals surface area (Å²) in [4.78, 5) is 0. The Bertz CT molecular complexity index is 604.